The van der Waals surface area contributed by atoms with E-state index in [0.29, 0.717) is 0 Å². The molecule has 0 radical (unpaired) electrons. The number of halogens is 1. The normalized spacial score (nSPS) is 13.3. The second kappa shape index (κ2) is 8.86. The van der Waals surface area contributed by atoms with E-state index in [9.17, 15) is 10.0 Å². The lowest BCUT2D eigenvalue weighted by atomic mass is 10.1. The van der Waals surface area contributed by atoms with Crippen LogP contribution in [0, 0.1) is 8.78 Å². The monoisotopic (exact) mass is 505 g/mol. The zero-order chi connectivity index (χ0) is 21.0. The number of nitrogens with one attached hydrogen (secondary N) is 2. The molecule has 2 aromatic carbocycles. The van der Waals surface area contributed by atoms with Crippen molar-refractivity contribution in [3.8, 4) is 0 Å². The Balaban J connectivity index is 1.93. The van der Waals surface area contributed by atoms with E-state index in [4.69, 9.17) is 4.74 Å². The number of fused-ring (bicyclic) bond motifs is 1. The highest BCUT2D eigenvalue weighted by atomic mass is 127. The van der Waals surface area contributed by atoms with Crippen LogP contribution in [0.25, 0.3) is 10.9 Å². The molecule has 2 N–H and O–H groups in total. The molecule has 6 nitrogen and oxygen atoms in total. The Morgan fingerprint density at radius 1 is 1.28 bits per heavy atom. The van der Waals surface area contributed by atoms with Crippen LogP contribution in [-0.2, 0) is 4.74 Å². The molecule has 0 bridgehead atoms. The number of ether oxygens (including phenoxy) is 1. The number of hydroxylamine groups is 1. The second-order valence-electron chi connectivity index (χ2n) is 7.73. The second-order valence-corrected chi connectivity index (χ2v) is 8.98. The number of alkyl carbamates (subject to hydrolysis) is 1. The summed E-state index contributed by atoms with van der Waals surface area (Å²) in [5.74, 6) is 0. The van der Waals surface area contributed by atoms with Gasteiger partial charge in [-0.2, -0.15) is 0 Å². The van der Waals surface area contributed by atoms with E-state index >= 15 is 0 Å². The summed E-state index contributed by atoms with van der Waals surface area (Å²) in [5, 5.41) is 16.8. The van der Waals surface area contributed by atoms with Crippen molar-refractivity contribution >= 4 is 45.8 Å². The van der Waals surface area contributed by atoms with Crippen LogP contribution in [0.4, 0.5) is 4.79 Å². The number of hydrogen-bond acceptors (Lipinski definition) is 3. The average Bonchev–Trinajstić information content (AvgIpc) is 3.04. The molecular weight excluding hydrogens is 481 g/mol. The van der Waals surface area contributed by atoms with Crippen molar-refractivity contribution in [2.24, 2.45) is 0 Å². The van der Waals surface area contributed by atoms with Crippen LogP contribution in [0.15, 0.2) is 54.7 Å². The van der Waals surface area contributed by atoms with Gasteiger partial charge in [0.05, 0.1) is 6.54 Å². The summed E-state index contributed by atoms with van der Waals surface area (Å²) < 4.78 is 7.27. The van der Waals surface area contributed by atoms with E-state index in [1.165, 1.54) is 6.21 Å². The quantitative estimate of drug-likeness (QED) is 0.169. The standard InChI is InChI=1S/C22H24IN3O3/c1-22(2,3)29-21(27)25-13-20(26(28)14-15-7-5-4-6-8-15)18-12-24-19-10-9-16(23)11-17(18)19/h4-12,14,20,24H,13H2,1-3H3,(H,25,27)/b26-14-. The summed E-state index contributed by atoms with van der Waals surface area (Å²) in [6.07, 6.45) is 2.81. The van der Waals surface area contributed by atoms with E-state index in [1.54, 1.807) is 20.8 Å². The molecule has 1 atom stereocenters. The van der Waals surface area contributed by atoms with Gasteiger partial charge in [-0.25, -0.2) is 9.53 Å². The lowest BCUT2D eigenvalue weighted by Gasteiger charge is -2.21. The fraction of sp³-hybridized carbons (Fsp3) is 0.273. The maximum Gasteiger partial charge on any atom is 0.407 e. The van der Waals surface area contributed by atoms with Crippen LogP contribution >= 0.6 is 22.6 Å². The topological polar surface area (TPSA) is 80.2 Å². The number of carbonyl (C=O) groups is 1. The lowest BCUT2D eigenvalue weighted by Crippen LogP contribution is -2.36. The Hall–Kier alpha value is -2.55. The molecule has 3 aromatic rings. The molecule has 29 heavy (non-hydrogen) atoms. The predicted octanol–water partition coefficient (Wildman–Crippen LogP) is 4.97. The molecule has 1 aromatic heterocycles. The Kier molecular flexibility index (Phi) is 6.46. The van der Waals surface area contributed by atoms with Gasteiger partial charge < -0.3 is 20.2 Å². The van der Waals surface area contributed by atoms with E-state index in [2.05, 4.69) is 32.9 Å². The van der Waals surface area contributed by atoms with Gasteiger partial charge in [0.1, 0.15) is 5.60 Å². The molecule has 152 valence electrons. The lowest BCUT2D eigenvalue weighted by molar-refractivity contribution is -0.500. The first-order chi connectivity index (χ1) is 13.7. The average molecular weight is 505 g/mol. The number of aromatic amines is 1. The zero-order valence-corrected chi connectivity index (χ0v) is 18.8. The van der Waals surface area contributed by atoms with Crippen LogP contribution in [-0.4, -0.2) is 34.2 Å². The molecule has 0 saturated carbocycles. The summed E-state index contributed by atoms with van der Waals surface area (Å²) >= 11 is 2.25. The Bertz CT molecular complexity index is 1020. The SMILES string of the molecule is CC(C)(C)OC(=O)NCC(c1c[nH]c2ccc(I)cc12)/[N+]([O-])=C/c1ccccc1. The van der Waals surface area contributed by atoms with Crippen molar-refractivity contribution in [1.82, 2.24) is 10.3 Å². The summed E-state index contributed by atoms with van der Waals surface area (Å²) in [4.78, 5) is 15.4. The van der Waals surface area contributed by atoms with Crippen molar-refractivity contribution in [3.05, 3.63) is 74.6 Å². The van der Waals surface area contributed by atoms with Crippen molar-refractivity contribution in [1.29, 1.82) is 0 Å². The molecule has 1 amide bonds. The fourth-order valence-corrected chi connectivity index (χ4v) is 3.49. The molecule has 0 aliphatic rings. The number of benzene rings is 2. The number of amides is 1. The van der Waals surface area contributed by atoms with Gasteiger partial charge in [0, 0.05) is 31.8 Å². The molecule has 1 unspecified atom stereocenters. The van der Waals surface area contributed by atoms with Gasteiger partial charge in [-0.3, -0.25) is 0 Å². The van der Waals surface area contributed by atoms with Crippen LogP contribution in [0.2, 0.25) is 0 Å². The number of hydrogen-bond donors (Lipinski definition) is 2. The van der Waals surface area contributed by atoms with Gasteiger partial charge in [0.2, 0.25) is 6.04 Å². The Labute approximate surface area is 183 Å². The van der Waals surface area contributed by atoms with Gasteiger partial charge in [0.25, 0.3) is 0 Å². The third-order valence-corrected chi connectivity index (χ3v) is 4.93. The minimum absolute atomic E-state index is 0.111. The third kappa shape index (κ3) is 5.72. The van der Waals surface area contributed by atoms with E-state index in [1.807, 2.05) is 54.7 Å². The molecule has 0 saturated heterocycles. The van der Waals surface area contributed by atoms with Gasteiger partial charge in [-0.1, -0.05) is 18.2 Å². The largest absolute Gasteiger partial charge is 0.623 e. The molecule has 0 aliphatic heterocycles. The summed E-state index contributed by atoms with van der Waals surface area (Å²) in [6.45, 7) is 5.51. The summed E-state index contributed by atoms with van der Waals surface area (Å²) in [7, 11) is 0. The maximum atomic E-state index is 13.1. The molecule has 0 fully saturated rings. The third-order valence-electron chi connectivity index (χ3n) is 4.26. The zero-order valence-electron chi connectivity index (χ0n) is 16.6. The number of carbonyl (C=O) groups excluding carboxylic acids is 1. The first kappa shape index (κ1) is 21.2. The predicted molar refractivity (Wildman–Crippen MR) is 123 cm³/mol. The fourth-order valence-electron chi connectivity index (χ4n) is 3.00. The van der Waals surface area contributed by atoms with Crippen LogP contribution in [0.3, 0.4) is 0 Å². The molecule has 7 heteroatoms. The van der Waals surface area contributed by atoms with Crippen LogP contribution < -0.4 is 5.32 Å². The highest BCUT2D eigenvalue weighted by Crippen LogP contribution is 2.27. The number of H-pyrrole nitrogens is 1. The van der Waals surface area contributed by atoms with E-state index in [0.717, 1.165) is 30.3 Å². The van der Waals surface area contributed by atoms with Gasteiger partial charge in [-0.15, -0.1) is 0 Å². The summed E-state index contributed by atoms with van der Waals surface area (Å²) in [6, 6.07) is 14.8. The summed E-state index contributed by atoms with van der Waals surface area (Å²) in [5.41, 5.74) is 1.94. The molecule has 1 heterocycles. The smallest absolute Gasteiger partial charge is 0.407 e. The number of aromatic nitrogens is 1. The highest BCUT2D eigenvalue weighted by molar-refractivity contribution is 14.1. The van der Waals surface area contributed by atoms with Gasteiger partial charge in [-0.05, 0) is 73.7 Å². The van der Waals surface area contributed by atoms with Gasteiger partial charge in [0.15, 0.2) is 6.21 Å². The molecule has 0 aliphatic carbocycles. The minimum Gasteiger partial charge on any atom is -0.623 e. The van der Waals surface area contributed by atoms with Crippen molar-refractivity contribution in [3.63, 3.8) is 0 Å². The first-order valence-corrected chi connectivity index (χ1v) is 10.4. The van der Waals surface area contributed by atoms with Gasteiger partial charge >= 0.3 is 6.09 Å². The van der Waals surface area contributed by atoms with E-state index in [-0.39, 0.29) is 6.54 Å². The first-order valence-electron chi connectivity index (χ1n) is 9.32. The Morgan fingerprint density at radius 3 is 2.69 bits per heavy atom. The Morgan fingerprint density at radius 2 is 2.00 bits per heavy atom. The van der Waals surface area contributed by atoms with Crippen molar-refractivity contribution in [2.45, 2.75) is 32.4 Å². The van der Waals surface area contributed by atoms with Crippen molar-refractivity contribution in [2.75, 3.05) is 6.54 Å². The number of rotatable bonds is 5. The van der Waals surface area contributed by atoms with Crippen molar-refractivity contribution < 1.29 is 14.3 Å². The van der Waals surface area contributed by atoms with E-state index < -0.39 is 17.7 Å². The number of nitrogens with zero attached hydrogens (tertiary/aromatic N) is 1. The molecule has 0 spiro atoms. The minimum atomic E-state index is -0.616. The molecular formula is C22H24IN3O3. The van der Waals surface area contributed by atoms with Crippen LogP contribution in [0.1, 0.15) is 37.9 Å². The maximum absolute atomic E-state index is 13.1. The highest BCUT2D eigenvalue weighted by Gasteiger charge is 2.25. The van der Waals surface area contributed by atoms with Crippen LogP contribution in [0.5, 0.6) is 0 Å². The molecule has 3 rings (SSSR count).